The second kappa shape index (κ2) is 8.14. The maximum absolute atomic E-state index is 13.6. The molecule has 3 aromatic rings. The third kappa shape index (κ3) is 3.93. The number of ether oxygens (including phenoxy) is 1. The molecule has 0 saturated carbocycles. The van der Waals surface area contributed by atoms with E-state index in [0.717, 1.165) is 16.6 Å². The standard InChI is InChI=1S/C23H18BrF3N2O3/c1-15-22(31,16-6-5-9-20(14-16)32-23(25,26)27)29(19-12-10-17(24)11-13-19)21(30)28(15)18-7-3-2-4-8-18/h2-15,31H,1H3. The zero-order valence-corrected chi connectivity index (χ0v) is 18.3. The summed E-state index contributed by atoms with van der Waals surface area (Å²) in [6, 6.07) is 19.2. The molecule has 9 heteroatoms. The summed E-state index contributed by atoms with van der Waals surface area (Å²) in [7, 11) is 0. The van der Waals surface area contributed by atoms with Crippen LogP contribution < -0.4 is 14.5 Å². The molecule has 2 amide bonds. The predicted molar refractivity (Wildman–Crippen MR) is 117 cm³/mol. The molecule has 1 aliphatic heterocycles. The predicted octanol–water partition coefficient (Wildman–Crippen LogP) is 6.03. The summed E-state index contributed by atoms with van der Waals surface area (Å²) in [5.41, 5.74) is -0.966. The average Bonchev–Trinajstić information content (AvgIpc) is 2.95. The number of carbonyl (C=O) groups excluding carboxylic acids is 1. The number of aliphatic hydroxyl groups is 1. The molecule has 0 spiro atoms. The first-order valence-electron chi connectivity index (χ1n) is 9.64. The lowest BCUT2D eigenvalue weighted by atomic mass is 9.94. The summed E-state index contributed by atoms with van der Waals surface area (Å²) in [5, 5.41) is 12.0. The van der Waals surface area contributed by atoms with E-state index in [2.05, 4.69) is 20.7 Å². The minimum Gasteiger partial charge on any atom is -0.406 e. The molecule has 3 aromatic carbocycles. The van der Waals surface area contributed by atoms with Crippen LogP contribution in [0.5, 0.6) is 5.75 Å². The molecule has 1 heterocycles. The summed E-state index contributed by atoms with van der Waals surface area (Å²) in [6.45, 7) is 1.64. The number of alkyl halides is 3. The third-order valence-electron chi connectivity index (χ3n) is 5.32. The number of nitrogens with zero attached hydrogens (tertiary/aromatic N) is 2. The molecular formula is C23H18BrF3N2O3. The van der Waals surface area contributed by atoms with E-state index in [9.17, 15) is 23.1 Å². The maximum Gasteiger partial charge on any atom is 0.573 e. The van der Waals surface area contributed by atoms with Crippen LogP contribution in [0.25, 0.3) is 0 Å². The van der Waals surface area contributed by atoms with Gasteiger partial charge in [-0.05, 0) is 55.5 Å². The Labute approximate surface area is 190 Å². The zero-order valence-electron chi connectivity index (χ0n) is 16.8. The minimum absolute atomic E-state index is 0.0847. The van der Waals surface area contributed by atoms with Gasteiger partial charge in [0.25, 0.3) is 0 Å². The number of hydrogen-bond donors (Lipinski definition) is 1. The summed E-state index contributed by atoms with van der Waals surface area (Å²) in [5.74, 6) is -0.489. The van der Waals surface area contributed by atoms with Crippen molar-refractivity contribution >= 4 is 33.3 Å². The van der Waals surface area contributed by atoms with Crippen LogP contribution in [-0.2, 0) is 5.72 Å². The molecule has 0 aliphatic carbocycles. The number of halogens is 4. The van der Waals surface area contributed by atoms with E-state index >= 15 is 0 Å². The van der Waals surface area contributed by atoms with Gasteiger partial charge in [-0.1, -0.05) is 46.3 Å². The second-order valence-electron chi connectivity index (χ2n) is 7.28. The van der Waals surface area contributed by atoms with Crippen LogP contribution in [0, 0.1) is 0 Å². The van der Waals surface area contributed by atoms with Gasteiger partial charge in [-0.25, -0.2) is 4.79 Å². The van der Waals surface area contributed by atoms with Crippen molar-refractivity contribution < 1.29 is 27.8 Å². The van der Waals surface area contributed by atoms with Crippen LogP contribution >= 0.6 is 15.9 Å². The number of amides is 2. The van der Waals surface area contributed by atoms with Crippen LogP contribution in [0.4, 0.5) is 29.3 Å². The number of hydrogen-bond acceptors (Lipinski definition) is 3. The minimum atomic E-state index is -4.89. The Bertz CT molecular complexity index is 1130. The van der Waals surface area contributed by atoms with E-state index < -0.39 is 29.9 Å². The number of anilines is 2. The number of para-hydroxylation sites is 1. The normalized spacial score (nSPS) is 21.2. The summed E-state index contributed by atoms with van der Waals surface area (Å²) >= 11 is 3.34. The number of carbonyl (C=O) groups is 1. The van der Waals surface area contributed by atoms with Crippen LogP contribution in [0.1, 0.15) is 12.5 Å². The van der Waals surface area contributed by atoms with Gasteiger partial charge >= 0.3 is 12.4 Å². The van der Waals surface area contributed by atoms with E-state index in [1.54, 1.807) is 61.5 Å². The molecule has 1 aliphatic rings. The third-order valence-corrected chi connectivity index (χ3v) is 5.85. The van der Waals surface area contributed by atoms with Gasteiger partial charge in [-0.15, -0.1) is 13.2 Å². The van der Waals surface area contributed by atoms with Gasteiger partial charge in [0.1, 0.15) is 5.75 Å². The molecule has 1 N–H and O–H groups in total. The van der Waals surface area contributed by atoms with Gasteiger partial charge in [-0.3, -0.25) is 9.80 Å². The first kappa shape index (κ1) is 22.2. The fraction of sp³-hybridized carbons (Fsp3) is 0.174. The van der Waals surface area contributed by atoms with E-state index in [4.69, 9.17) is 0 Å². The molecular weight excluding hydrogens is 489 g/mol. The van der Waals surface area contributed by atoms with Crippen molar-refractivity contribution in [3.63, 3.8) is 0 Å². The molecule has 0 bridgehead atoms. The summed E-state index contributed by atoms with van der Waals surface area (Å²) in [6.07, 6.45) is -4.89. The highest BCUT2D eigenvalue weighted by atomic mass is 79.9. The highest BCUT2D eigenvalue weighted by Gasteiger charge is 2.57. The van der Waals surface area contributed by atoms with E-state index in [1.165, 1.54) is 21.9 Å². The Kier molecular flexibility index (Phi) is 5.64. The molecule has 1 saturated heterocycles. The van der Waals surface area contributed by atoms with Crippen LogP contribution in [0.15, 0.2) is 83.3 Å². The molecule has 166 valence electrons. The number of rotatable bonds is 4. The molecule has 5 nitrogen and oxygen atoms in total. The molecule has 0 radical (unpaired) electrons. The van der Waals surface area contributed by atoms with Gasteiger partial charge in [0, 0.05) is 21.4 Å². The van der Waals surface area contributed by atoms with Crippen molar-refractivity contribution in [2.24, 2.45) is 0 Å². The molecule has 0 aromatic heterocycles. The van der Waals surface area contributed by atoms with Crippen molar-refractivity contribution in [3.8, 4) is 5.75 Å². The van der Waals surface area contributed by atoms with Gasteiger partial charge in [0.2, 0.25) is 0 Å². The monoisotopic (exact) mass is 506 g/mol. The van der Waals surface area contributed by atoms with Crippen molar-refractivity contribution in [2.45, 2.75) is 25.1 Å². The van der Waals surface area contributed by atoms with E-state index in [1.807, 2.05) is 0 Å². The highest BCUT2D eigenvalue weighted by molar-refractivity contribution is 9.10. The quantitative estimate of drug-likeness (QED) is 0.470. The van der Waals surface area contributed by atoms with Crippen LogP contribution in [0.3, 0.4) is 0 Å². The number of urea groups is 1. The Hall–Kier alpha value is -3.04. The largest absolute Gasteiger partial charge is 0.573 e. The Morgan fingerprint density at radius 3 is 2.25 bits per heavy atom. The molecule has 2 unspecified atom stereocenters. The molecule has 1 fully saturated rings. The first-order valence-corrected chi connectivity index (χ1v) is 10.4. The lowest BCUT2D eigenvalue weighted by Crippen LogP contribution is -2.48. The Balaban J connectivity index is 1.87. The molecule has 4 rings (SSSR count). The average molecular weight is 507 g/mol. The van der Waals surface area contributed by atoms with Crippen LogP contribution in [-0.4, -0.2) is 23.5 Å². The van der Waals surface area contributed by atoms with Gasteiger partial charge in [0.05, 0.1) is 6.04 Å². The van der Waals surface area contributed by atoms with Crippen molar-refractivity contribution in [2.75, 3.05) is 9.80 Å². The summed E-state index contributed by atoms with van der Waals surface area (Å²) in [4.78, 5) is 16.2. The lowest BCUT2D eigenvalue weighted by Gasteiger charge is -2.36. The zero-order chi connectivity index (χ0) is 23.1. The Morgan fingerprint density at radius 2 is 1.62 bits per heavy atom. The van der Waals surface area contributed by atoms with Gasteiger partial charge in [0.15, 0.2) is 5.72 Å². The van der Waals surface area contributed by atoms with E-state index in [-0.39, 0.29) is 5.56 Å². The van der Waals surface area contributed by atoms with Gasteiger partial charge in [-0.2, -0.15) is 0 Å². The van der Waals surface area contributed by atoms with Crippen LogP contribution in [0.2, 0.25) is 0 Å². The summed E-state index contributed by atoms with van der Waals surface area (Å²) < 4.78 is 43.2. The SMILES string of the molecule is CC1N(c2ccccc2)C(=O)N(c2ccc(Br)cc2)C1(O)c1cccc(OC(F)(F)F)c1. The smallest absolute Gasteiger partial charge is 0.406 e. The second-order valence-corrected chi connectivity index (χ2v) is 8.19. The van der Waals surface area contributed by atoms with Crippen molar-refractivity contribution in [1.29, 1.82) is 0 Å². The fourth-order valence-corrected chi connectivity index (χ4v) is 4.16. The topological polar surface area (TPSA) is 53.0 Å². The van der Waals surface area contributed by atoms with Crippen molar-refractivity contribution in [3.05, 3.63) is 88.9 Å². The first-order chi connectivity index (χ1) is 15.1. The molecule has 2 atom stereocenters. The maximum atomic E-state index is 13.6. The molecule has 32 heavy (non-hydrogen) atoms. The van der Waals surface area contributed by atoms with E-state index in [0.29, 0.717) is 11.4 Å². The lowest BCUT2D eigenvalue weighted by molar-refractivity contribution is -0.274. The van der Waals surface area contributed by atoms with Crippen molar-refractivity contribution in [1.82, 2.24) is 0 Å². The van der Waals surface area contributed by atoms with Gasteiger partial charge < -0.3 is 9.84 Å². The Morgan fingerprint density at radius 1 is 0.969 bits per heavy atom. The fourth-order valence-electron chi connectivity index (χ4n) is 3.90. The highest BCUT2D eigenvalue weighted by Crippen LogP contribution is 2.45. The number of benzene rings is 3.